The van der Waals surface area contributed by atoms with Gasteiger partial charge in [-0.1, -0.05) is 0 Å². The average molecular weight is 212 g/mol. The van der Waals surface area contributed by atoms with Crippen LogP contribution in [0.1, 0.15) is 12.8 Å². The predicted octanol–water partition coefficient (Wildman–Crippen LogP) is -0.583. The summed E-state index contributed by atoms with van der Waals surface area (Å²) in [5.41, 5.74) is 5.95. The van der Waals surface area contributed by atoms with Gasteiger partial charge in [0.25, 0.3) is 0 Å². The highest BCUT2D eigenvalue weighted by Crippen LogP contribution is 2.39. The number of ether oxygens (including phenoxy) is 1. The van der Waals surface area contributed by atoms with E-state index in [1.165, 1.54) is 12.8 Å². The zero-order valence-corrected chi connectivity index (χ0v) is 9.06. The van der Waals surface area contributed by atoms with E-state index < -0.39 is 0 Å². The largest absolute Gasteiger partial charge is 0.394 e. The number of likely N-dealkylation sites (tertiary alicyclic amines) is 1. The lowest BCUT2D eigenvalue weighted by molar-refractivity contribution is -0.113. The lowest BCUT2D eigenvalue weighted by Crippen LogP contribution is -2.69. The van der Waals surface area contributed by atoms with E-state index in [0.29, 0.717) is 11.8 Å². The first kappa shape index (κ1) is 10.0. The summed E-state index contributed by atoms with van der Waals surface area (Å²) in [5, 5.41) is 9.50. The summed E-state index contributed by atoms with van der Waals surface area (Å²) in [4.78, 5) is 2.55. The zero-order chi connectivity index (χ0) is 10.5. The maximum Gasteiger partial charge on any atom is 0.0619 e. The Bertz CT molecular complexity index is 241. The lowest BCUT2D eigenvalue weighted by atomic mass is 9.70. The molecule has 2 unspecified atom stereocenters. The van der Waals surface area contributed by atoms with Gasteiger partial charge in [-0.15, -0.1) is 0 Å². The first-order chi connectivity index (χ1) is 7.24. The van der Waals surface area contributed by atoms with Gasteiger partial charge in [-0.3, -0.25) is 4.90 Å². The topological polar surface area (TPSA) is 58.7 Å². The molecule has 0 spiro atoms. The van der Waals surface area contributed by atoms with Crippen LogP contribution in [-0.4, -0.2) is 54.5 Å². The molecule has 1 aliphatic carbocycles. The van der Waals surface area contributed by atoms with Crippen LogP contribution < -0.4 is 5.73 Å². The van der Waals surface area contributed by atoms with Crippen LogP contribution in [0.25, 0.3) is 0 Å². The molecule has 3 rings (SSSR count). The second-order valence-electron chi connectivity index (χ2n) is 5.39. The van der Waals surface area contributed by atoms with E-state index in [1.54, 1.807) is 0 Å². The smallest absolute Gasteiger partial charge is 0.0619 e. The molecule has 2 atom stereocenters. The van der Waals surface area contributed by atoms with Gasteiger partial charge in [-0.2, -0.15) is 0 Å². The molecule has 2 heterocycles. The van der Waals surface area contributed by atoms with E-state index in [9.17, 15) is 5.11 Å². The molecule has 0 aromatic heterocycles. The van der Waals surface area contributed by atoms with Gasteiger partial charge in [0, 0.05) is 31.0 Å². The van der Waals surface area contributed by atoms with Crippen molar-refractivity contribution in [2.24, 2.45) is 17.6 Å². The number of fused-ring (bicyclic) bond motifs is 2. The molecule has 1 saturated carbocycles. The summed E-state index contributed by atoms with van der Waals surface area (Å²) < 4.78 is 5.56. The third-order valence-electron chi connectivity index (χ3n) is 4.41. The van der Waals surface area contributed by atoms with Crippen molar-refractivity contribution in [3.05, 3.63) is 0 Å². The highest BCUT2D eigenvalue weighted by atomic mass is 16.5. The van der Waals surface area contributed by atoms with Gasteiger partial charge >= 0.3 is 0 Å². The Labute approximate surface area is 90.4 Å². The molecule has 2 aliphatic heterocycles. The van der Waals surface area contributed by atoms with Crippen molar-refractivity contribution in [2.75, 3.05) is 32.9 Å². The Kier molecular flexibility index (Phi) is 2.28. The quantitative estimate of drug-likeness (QED) is 0.643. The number of aliphatic hydroxyl groups excluding tert-OH is 1. The van der Waals surface area contributed by atoms with Gasteiger partial charge in [0.15, 0.2) is 0 Å². The summed E-state index contributed by atoms with van der Waals surface area (Å²) >= 11 is 0. The number of aliphatic hydroxyl groups is 1. The van der Waals surface area contributed by atoms with Crippen LogP contribution in [0.15, 0.2) is 0 Å². The molecule has 86 valence electrons. The molecule has 0 amide bonds. The summed E-state index contributed by atoms with van der Waals surface area (Å²) in [7, 11) is 0. The van der Waals surface area contributed by atoms with Gasteiger partial charge in [0.1, 0.15) is 0 Å². The van der Waals surface area contributed by atoms with Crippen molar-refractivity contribution in [1.82, 2.24) is 4.90 Å². The maximum absolute atomic E-state index is 9.50. The number of nitrogens with two attached hydrogens (primary N) is 1. The van der Waals surface area contributed by atoms with Crippen LogP contribution in [0.3, 0.4) is 0 Å². The molecule has 3 aliphatic rings. The van der Waals surface area contributed by atoms with Crippen LogP contribution in [0, 0.1) is 11.8 Å². The van der Waals surface area contributed by atoms with Crippen molar-refractivity contribution in [3.63, 3.8) is 0 Å². The standard InChI is InChI=1S/C11H20N2O2/c12-11(7-14)8-3-13(10-1-2-10)4-9(11)6-15-5-8/h8-10,14H,1-7,12H2. The second kappa shape index (κ2) is 3.42. The molecule has 0 aromatic rings. The van der Waals surface area contributed by atoms with Crippen LogP contribution in [0.4, 0.5) is 0 Å². The SMILES string of the molecule is NC1(CO)C2COCC1CN(C1CC1)C2. The van der Waals surface area contributed by atoms with E-state index >= 15 is 0 Å². The zero-order valence-electron chi connectivity index (χ0n) is 9.06. The number of nitrogens with zero attached hydrogens (tertiary/aromatic N) is 1. The van der Waals surface area contributed by atoms with E-state index in [1.807, 2.05) is 0 Å². The highest BCUT2D eigenvalue weighted by Gasteiger charge is 2.51. The molecule has 3 fully saturated rings. The minimum atomic E-state index is -0.385. The van der Waals surface area contributed by atoms with Crippen molar-refractivity contribution < 1.29 is 9.84 Å². The van der Waals surface area contributed by atoms with Gasteiger partial charge in [-0.05, 0) is 12.8 Å². The Morgan fingerprint density at radius 1 is 1.27 bits per heavy atom. The average Bonchev–Trinajstić information content (AvgIpc) is 3.00. The minimum Gasteiger partial charge on any atom is -0.394 e. The molecule has 4 heteroatoms. The second-order valence-corrected chi connectivity index (χ2v) is 5.39. The fourth-order valence-electron chi connectivity index (χ4n) is 3.08. The summed E-state index contributed by atoms with van der Waals surface area (Å²) in [6.07, 6.45) is 2.69. The normalized spacial score (nSPS) is 46.8. The Balaban J connectivity index is 1.79. The van der Waals surface area contributed by atoms with Crippen LogP contribution >= 0.6 is 0 Å². The number of rotatable bonds is 2. The third-order valence-corrected chi connectivity index (χ3v) is 4.41. The van der Waals surface area contributed by atoms with Crippen molar-refractivity contribution in [3.8, 4) is 0 Å². The minimum absolute atomic E-state index is 0.101. The summed E-state index contributed by atoms with van der Waals surface area (Å²) in [5.74, 6) is 0.631. The predicted molar refractivity (Wildman–Crippen MR) is 56.4 cm³/mol. The Hall–Kier alpha value is -0.160. The molecule has 15 heavy (non-hydrogen) atoms. The van der Waals surface area contributed by atoms with E-state index in [2.05, 4.69) is 4.90 Å². The maximum atomic E-state index is 9.50. The highest BCUT2D eigenvalue weighted by molar-refractivity contribution is 5.06. The lowest BCUT2D eigenvalue weighted by Gasteiger charge is -2.53. The number of hydrogen-bond acceptors (Lipinski definition) is 4. The van der Waals surface area contributed by atoms with Gasteiger partial charge in [-0.25, -0.2) is 0 Å². The van der Waals surface area contributed by atoms with Crippen molar-refractivity contribution >= 4 is 0 Å². The van der Waals surface area contributed by atoms with E-state index in [4.69, 9.17) is 10.5 Å². The van der Waals surface area contributed by atoms with Crippen molar-refractivity contribution in [1.29, 1.82) is 0 Å². The first-order valence-corrected chi connectivity index (χ1v) is 5.95. The number of hydrogen-bond donors (Lipinski definition) is 2. The molecule has 3 N–H and O–H groups in total. The van der Waals surface area contributed by atoms with Gasteiger partial charge in [0.2, 0.25) is 0 Å². The first-order valence-electron chi connectivity index (χ1n) is 5.95. The molecule has 2 saturated heterocycles. The fourth-order valence-corrected chi connectivity index (χ4v) is 3.08. The van der Waals surface area contributed by atoms with Gasteiger partial charge in [0.05, 0.1) is 25.4 Å². The Morgan fingerprint density at radius 3 is 2.33 bits per heavy atom. The number of piperidine rings is 1. The third kappa shape index (κ3) is 1.51. The fraction of sp³-hybridized carbons (Fsp3) is 1.00. The van der Waals surface area contributed by atoms with E-state index in [-0.39, 0.29) is 12.1 Å². The van der Waals surface area contributed by atoms with Crippen LogP contribution in [0.2, 0.25) is 0 Å². The molecular weight excluding hydrogens is 192 g/mol. The monoisotopic (exact) mass is 212 g/mol. The van der Waals surface area contributed by atoms with Crippen LogP contribution in [0.5, 0.6) is 0 Å². The Morgan fingerprint density at radius 2 is 1.87 bits per heavy atom. The van der Waals surface area contributed by atoms with E-state index in [0.717, 1.165) is 32.3 Å². The molecule has 0 radical (unpaired) electrons. The molecule has 2 bridgehead atoms. The summed E-state index contributed by atoms with van der Waals surface area (Å²) in [6, 6.07) is 0.802. The van der Waals surface area contributed by atoms with Crippen molar-refractivity contribution in [2.45, 2.75) is 24.4 Å². The van der Waals surface area contributed by atoms with Crippen LogP contribution in [-0.2, 0) is 4.74 Å². The van der Waals surface area contributed by atoms with Gasteiger partial charge < -0.3 is 15.6 Å². The molecule has 0 aromatic carbocycles. The molecular formula is C11H20N2O2. The molecule has 4 nitrogen and oxygen atoms in total. The summed E-state index contributed by atoms with van der Waals surface area (Å²) in [6.45, 7) is 3.56.